The molecule has 3 heterocycles. The van der Waals surface area contributed by atoms with Crippen LogP contribution in [0.25, 0.3) is 0 Å². The zero-order chi connectivity index (χ0) is 15.9. The normalized spacial score (nSPS) is 32.1. The first kappa shape index (κ1) is 15.1. The maximum absolute atomic E-state index is 12.6. The third-order valence-corrected chi connectivity index (χ3v) is 5.72. The van der Waals surface area contributed by atoms with Crippen molar-refractivity contribution in [2.75, 3.05) is 19.8 Å². The molecule has 3 aliphatic rings. The molecule has 1 spiro atoms. The van der Waals surface area contributed by atoms with Gasteiger partial charge in [0, 0.05) is 44.0 Å². The second kappa shape index (κ2) is 5.91. The maximum atomic E-state index is 12.6. The van der Waals surface area contributed by atoms with Crippen molar-refractivity contribution >= 4 is 5.91 Å². The van der Waals surface area contributed by atoms with Gasteiger partial charge in [-0.1, -0.05) is 0 Å². The molecule has 1 unspecified atom stereocenters. The summed E-state index contributed by atoms with van der Waals surface area (Å²) in [4.78, 5) is 12.6. The molecule has 1 amide bonds. The lowest BCUT2D eigenvalue weighted by atomic mass is 9.93. The monoisotopic (exact) mass is 319 g/mol. The van der Waals surface area contributed by atoms with Crippen molar-refractivity contribution in [3.63, 3.8) is 0 Å². The van der Waals surface area contributed by atoms with Crippen LogP contribution in [0.1, 0.15) is 44.3 Å². The molecule has 6 nitrogen and oxygen atoms in total. The maximum Gasteiger partial charge on any atom is 0.224 e. The van der Waals surface area contributed by atoms with Crippen molar-refractivity contribution < 1.29 is 14.3 Å². The highest BCUT2D eigenvalue weighted by Gasteiger charge is 2.58. The molecule has 3 fully saturated rings. The number of nitrogens with one attached hydrogen (secondary N) is 1. The number of hydrogen-bond donors (Lipinski definition) is 1. The summed E-state index contributed by atoms with van der Waals surface area (Å²) < 4.78 is 13.2. The molecular formula is C17H25N3O3. The number of aromatic nitrogens is 2. The first-order valence-corrected chi connectivity index (χ1v) is 8.74. The molecule has 23 heavy (non-hydrogen) atoms. The predicted molar refractivity (Wildman–Crippen MR) is 83.7 cm³/mol. The molecule has 3 atom stereocenters. The van der Waals surface area contributed by atoms with E-state index in [1.54, 1.807) is 0 Å². The molecule has 0 bridgehead atoms. The van der Waals surface area contributed by atoms with Gasteiger partial charge in [-0.15, -0.1) is 0 Å². The Balaban J connectivity index is 1.39. The molecule has 1 aliphatic carbocycles. The Hall–Kier alpha value is -1.40. The van der Waals surface area contributed by atoms with E-state index >= 15 is 0 Å². The van der Waals surface area contributed by atoms with E-state index in [2.05, 4.69) is 17.3 Å². The third kappa shape index (κ3) is 2.78. The molecule has 2 aliphatic heterocycles. The fraction of sp³-hybridized carbons (Fsp3) is 0.765. The molecule has 126 valence electrons. The van der Waals surface area contributed by atoms with Gasteiger partial charge in [0.05, 0.1) is 12.2 Å². The van der Waals surface area contributed by atoms with Gasteiger partial charge in [0.1, 0.15) is 6.10 Å². The van der Waals surface area contributed by atoms with Gasteiger partial charge < -0.3 is 14.8 Å². The van der Waals surface area contributed by atoms with Gasteiger partial charge in [-0.3, -0.25) is 9.48 Å². The largest absolute Gasteiger partial charge is 0.381 e. The number of aryl methyl sites for hydroxylation is 1. The van der Waals surface area contributed by atoms with Crippen LogP contribution in [0.2, 0.25) is 0 Å². The molecule has 0 radical (unpaired) electrons. The first-order chi connectivity index (χ1) is 11.2. The van der Waals surface area contributed by atoms with E-state index in [1.807, 2.05) is 17.1 Å². The van der Waals surface area contributed by atoms with Gasteiger partial charge in [0.2, 0.25) is 5.91 Å². The molecule has 1 N–H and O–H groups in total. The van der Waals surface area contributed by atoms with Crippen molar-refractivity contribution in [2.45, 2.75) is 51.3 Å². The van der Waals surface area contributed by atoms with Crippen LogP contribution in [0.5, 0.6) is 0 Å². The average molecular weight is 319 g/mol. The van der Waals surface area contributed by atoms with E-state index in [1.165, 1.54) is 0 Å². The summed E-state index contributed by atoms with van der Waals surface area (Å²) >= 11 is 0. The Morgan fingerprint density at radius 3 is 3.00 bits per heavy atom. The third-order valence-electron chi connectivity index (χ3n) is 5.72. The van der Waals surface area contributed by atoms with Crippen LogP contribution >= 0.6 is 0 Å². The van der Waals surface area contributed by atoms with Crippen LogP contribution in [0.4, 0.5) is 0 Å². The highest BCUT2D eigenvalue weighted by Crippen LogP contribution is 2.59. The summed E-state index contributed by atoms with van der Waals surface area (Å²) in [6.07, 6.45) is 7.76. The van der Waals surface area contributed by atoms with Gasteiger partial charge >= 0.3 is 0 Å². The zero-order valence-electron chi connectivity index (χ0n) is 13.7. The number of carbonyl (C=O) groups excluding carboxylic acids is 1. The van der Waals surface area contributed by atoms with E-state index < -0.39 is 0 Å². The summed E-state index contributed by atoms with van der Waals surface area (Å²) in [7, 11) is 0. The summed E-state index contributed by atoms with van der Waals surface area (Å²) in [6, 6.07) is 0.0643. The molecule has 1 saturated carbocycles. The number of nitrogens with zero attached hydrogens (tertiary/aromatic N) is 2. The van der Waals surface area contributed by atoms with Gasteiger partial charge in [-0.25, -0.2) is 0 Å². The van der Waals surface area contributed by atoms with Crippen LogP contribution in [0.15, 0.2) is 12.4 Å². The minimum absolute atomic E-state index is 0.0643. The van der Waals surface area contributed by atoms with Crippen molar-refractivity contribution in [3.8, 4) is 0 Å². The van der Waals surface area contributed by atoms with E-state index in [-0.39, 0.29) is 29.4 Å². The lowest BCUT2D eigenvalue weighted by Crippen LogP contribution is -2.39. The van der Waals surface area contributed by atoms with Gasteiger partial charge in [0.25, 0.3) is 0 Å². The number of hydrogen-bond acceptors (Lipinski definition) is 4. The van der Waals surface area contributed by atoms with Gasteiger partial charge in [-0.2, -0.15) is 5.10 Å². The van der Waals surface area contributed by atoms with Crippen molar-refractivity contribution in [3.05, 3.63) is 18.0 Å². The fourth-order valence-electron chi connectivity index (χ4n) is 4.10. The molecule has 1 aromatic rings. The summed E-state index contributed by atoms with van der Waals surface area (Å²) in [5.74, 6) is 0.376. The number of ether oxygens (including phenoxy) is 2. The number of carbonyl (C=O) groups is 1. The summed E-state index contributed by atoms with van der Waals surface area (Å²) in [5, 5.41) is 7.57. The summed E-state index contributed by atoms with van der Waals surface area (Å²) in [5.41, 5.74) is 1.29. The SMILES string of the molecule is CCn1cc([C@H]2OCC[C@@H]2NC(=O)C2CC23CCOCC3)cn1. The van der Waals surface area contributed by atoms with E-state index in [0.29, 0.717) is 6.61 Å². The van der Waals surface area contributed by atoms with Gasteiger partial charge in [-0.05, 0) is 38.0 Å². The minimum Gasteiger partial charge on any atom is -0.381 e. The predicted octanol–water partition coefficient (Wildman–Crippen LogP) is 1.67. The highest BCUT2D eigenvalue weighted by atomic mass is 16.5. The lowest BCUT2D eigenvalue weighted by molar-refractivity contribution is -0.124. The lowest BCUT2D eigenvalue weighted by Gasteiger charge is -2.24. The summed E-state index contributed by atoms with van der Waals surface area (Å²) in [6.45, 7) is 5.20. The average Bonchev–Trinajstić information content (AvgIpc) is 2.96. The zero-order valence-corrected chi connectivity index (χ0v) is 13.7. The number of amides is 1. The van der Waals surface area contributed by atoms with Crippen molar-refractivity contribution in [1.82, 2.24) is 15.1 Å². The second-order valence-electron chi connectivity index (χ2n) is 7.06. The molecule has 4 rings (SSSR count). The van der Waals surface area contributed by atoms with E-state index in [4.69, 9.17) is 9.47 Å². The standard InChI is InChI=1S/C17H25N3O3/c1-2-20-11-12(10-18-20)15-14(3-6-23-15)19-16(21)13-9-17(13)4-7-22-8-5-17/h10-11,13-15H,2-9H2,1H3,(H,19,21)/t13?,14-,15+/m0/s1. The number of rotatable bonds is 4. The van der Waals surface area contributed by atoms with Crippen molar-refractivity contribution in [1.29, 1.82) is 0 Å². The quantitative estimate of drug-likeness (QED) is 0.917. The van der Waals surface area contributed by atoms with Gasteiger partial charge in [0.15, 0.2) is 0 Å². The smallest absolute Gasteiger partial charge is 0.224 e. The van der Waals surface area contributed by atoms with Crippen LogP contribution in [-0.4, -0.2) is 41.6 Å². The Labute approximate surface area is 136 Å². The first-order valence-electron chi connectivity index (χ1n) is 8.74. The van der Waals surface area contributed by atoms with Crippen LogP contribution in [0.3, 0.4) is 0 Å². The Bertz CT molecular complexity index is 579. The molecule has 2 saturated heterocycles. The fourth-order valence-corrected chi connectivity index (χ4v) is 4.10. The minimum atomic E-state index is -0.0661. The van der Waals surface area contributed by atoms with E-state index in [9.17, 15) is 4.79 Å². The van der Waals surface area contributed by atoms with Crippen LogP contribution in [0, 0.1) is 11.3 Å². The molecule has 1 aromatic heterocycles. The van der Waals surface area contributed by atoms with Crippen molar-refractivity contribution in [2.24, 2.45) is 11.3 Å². The van der Waals surface area contributed by atoms with Crippen LogP contribution < -0.4 is 5.32 Å². The Morgan fingerprint density at radius 1 is 1.43 bits per heavy atom. The highest BCUT2D eigenvalue weighted by molar-refractivity contribution is 5.83. The topological polar surface area (TPSA) is 65.4 Å². The Morgan fingerprint density at radius 2 is 2.26 bits per heavy atom. The Kier molecular flexibility index (Phi) is 3.89. The van der Waals surface area contributed by atoms with Crippen LogP contribution in [-0.2, 0) is 20.8 Å². The van der Waals surface area contributed by atoms with E-state index in [0.717, 1.165) is 51.0 Å². The second-order valence-corrected chi connectivity index (χ2v) is 7.06. The molecule has 0 aromatic carbocycles. The molecular weight excluding hydrogens is 294 g/mol. The molecule has 6 heteroatoms.